The second-order valence-corrected chi connectivity index (χ2v) is 6.50. The highest BCUT2D eigenvalue weighted by molar-refractivity contribution is 7.98. The average Bonchev–Trinajstić information content (AvgIpc) is 2.50. The van der Waals surface area contributed by atoms with Crippen molar-refractivity contribution in [1.82, 2.24) is 9.97 Å². The number of amides is 1. The summed E-state index contributed by atoms with van der Waals surface area (Å²) in [6, 6.07) is 5.49. The van der Waals surface area contributed by atoms with E-state index in [2.05, 4.69) is 15.3 Å². The predicted octanol–water partition coefficient (Wildman–Crippen LogP) is 4.35. The zero-order chi connectivity index (χ0) is 17.0. The van der Waals surface area contributed by atoms with Gasteiger partial charge in [-0.15, -0.1) is 0 Å². The minimum atomic E-state index is -0.0388. The van der Waals surface area contributed by atoms with Crippen molar-refractivity contribution in [3.05, 3.63) is 45.7 Å². The zero-order valence-corrected chi connectivity index (χ0v) is 15.3. The Morgan fingerprint density at radius 3 is 2.48 bits per heavy atom. The van der Waals surface area contributed by atoms with Gasteiger partial charge in [-0.1, -0.05) is 29.4 Å². The van der Waals surface area contributed by atoms with Crippen molar-refractivity contribution in [2.45, 2.75) is 38.8 Å². The van der Waals surface area contributed by atoms with E-state index in [1.165, 1.54) is 11.8 Å². The second kappa shape index (κ2) is 7.79. The lowest BCUT2D eigenvalue weighted by Gasteiger charge is -2.11. The number of aryl methyl sites for hydroxylation is 2. The van der Waals surface area contributed by atoms with E-state index >= 15 is 0 Å². The lowest BCUT2D eigenvalue weighted by molar-refractivity contribution is -0.116. The van der Waals surface area contributed by atoms with Crippen LogP contribution in [-0.4, -0.2) is 22.1 Å². The van der Waals surface area contributed by atoms with Crippen molar-refractivity contribution in [2.75, 3.05) is 11.6 Å². The SMILES string of the molecule is CSc1nc(C)c(CCC(=O)Nc2cccc(Cl)c2C)c(C)n1. The molecular formula is C17H20ClN3OS. The number of thioether (sulfide) groups is 1. The van der Waals surface area contributed by atoms with Gasteiger partial charge in [0.15, 0.2) is 5.16 Å². The van der Waals surface area contributed by atoms with E-state index in [-0.39, 0.29) is 5.91 Å². The van der Waals surface area contributed by atoms with Gasteiger partial charge in [-0.3, -0.25) is 4.79 Å². The van der Waals surface area contributed by atoms with Crippen LogP contribution in [0.25, 0.3) is 0 Å². The molecule has 0 bridgehead atoms. The van der Waals surface area contributed by atoms with E-state index in [1.54, 1.807) is 0 Å². The maximum atomic E-state index is 12.2. The summed E-state index contributed by atoms with van der Waals surface area (Å²) >= 11 is 7.59. The summed E-state index contributed by atoms with van der Waals surface area (Å²) in [6.45, 7) is 5.81. The number of benzene rings is 1. The van der Waals surface area contributed by atoms with E-state index in [0.29, 0.717) is 17.9 Å². The van der Waals surface area contributed by atoms with Crippen LogP contribution in [0.1, 0.15) is 28.9 Å². The summed E-state index contributed by atoms with van der Waals surface area (Å²) in [5.41, 5.74) is 4.55. The van der Waals surface area contributed by atoms with Crippen molar-refractivity contribution >= 4 is 35.0 Å². The first-order valence-corrected chi connectivity index (χ1v) is 8.95. The first-order valence-electron chi connectivity index (χ1n) is 7.35. The Balaban J connectivity index is 2.04. The topological polar surface area (TPSA) is 54.9 Å². The number of hydrogen-bond acceptors (Lipinski definition) is 4. The minimum absolute atomic E-state index is 0.0388. The van der Waals surface area contributed by atoms with Crippen LogP contribution in [0, 0.1) is 20.8 Å². The third kappa shape index (κ3) is 4.45. The molecule has 0 aliphatic rings. The molecule has 0 radical (unpaired) electrons. The number of carbonyl (C=O) groups excluding carboxylic acids is 1. The molecule has 0 fully saturated rings. The van der Waals surface area contributed by atoms with Crippen molar-refractivity contribution in [1.29, 1.82) is 0 Å². The van der Waals surface area contributed by atoms with Crippen molar-refractivity contribution < 1.29 is 4.79 Å². The Morgan fingerprint density at radius 1 is 1.22 bits per heavy atom. The third-order valence-corrected chi connectivity index (χ3v) is 4.68. The van der Waals surface area contributed by atoms with E-state index in [1.807, 2.05) is 45.2 Å². The van der Waals surface area contributed by atoms with Gasteiger partial charge >= 0.3 is 0 Å². The van der Waals surface area contributed by atoms with Crippen LogP contribution in [0.15, 0.2) is 23.4 Å². The Bertz CT molecular complexity index is 711. The molecule has 4 nitrogen and oxygen atoms in total. The van der Waals surface area contributed by atoms with Gasteiger partial charge in [-0.2, -0.15) is 0 Å². The van der Waals surface area contributed by atoms with E-state index in [4.69, 9.17) is 11.6 Å². The molecule has 0 atom stereocenters. The monoisotopic (exact) mass is 349 g/mol. The highest BCUT2D eigenvalue weighted by atomic mass is 35.5. The van der Waals surface area contributed by atoms with Gasteiger partial charge in [-0.25, -0.2) is 9.97 Å². The number of carbonyl (C=O) groups is 1. The third-order valence-electron chi connectivity index (χ3n) is 3.73. The number of nitrogens with one attached hydrogen (secondary N) is 1. The van der Waals surface area contributed by atoms with Crippen LogP contribution in [0.3, 0.4) is 0 Å². The van der Waals surface area contributed by atoms with E-state index in [0.717, 1.165) is 33.4 Å². The molecule has 0 unspecified atom stereocenters. The van der Waals surface area contributed by atoms with Crippen LogP contribution in [0.4, 0.5) is 5.69 Å². The largest absolute Gasteiger partial charge is 0.326 e. The van der Waals surface area contributed by atoms with Crippen molar-refractivity contribution in [3.8, 4) is 0 Å². The normalized spacial score (nSPS) is 10.7. The number of nitrogens with zero attached hydrogens (tertiary/aromatic N) is 2. The van der Waals surface area contributed by atoms with Crippen molar-refractivity contribution in [3.63, 3.8) is 0 Å². The van der Waals surface area contributed by atoms with Gasteiger partial charge in [0.25, 0.3) is 0 Å². The van der Waals surface area contributed by atoms with Gasteiger partial charge in [0.05, 0.1) is 0 Å². The quantitative estimate of drug-likeness (QED) is 0.644. The first kappa shape index (κ1) is 17.8. The van der Waals surface area contributed by atoms with E-state index < -0.39 is 0 Å². The molecule has 0 aliphatic heterocycles. The predicted molar refractivity (Wildman–Crippen MR) is 96.4 cm³/mol. The molecule has 1 aromatic carbocycles. The fraction of sp³-hybridized carbons (Fsp3) is 0.353. The van der Waals surface area contributed by atoms with Gasteiger partial charge in [0.1, 0.15) is 0 Å². The lowest BCUT2D eigenvalue weighted by atomic mass is 10.1. The summed E-state index contributed by atoms with van der Waals surface area (Å²) in [7, 11) is 0. The van der Waals surface area contributed by atoms with Gasteiger partial charge in [0, 0.05) is 28.5 Å². The highest BCUT2D eigenvalue weighted by Crippen LogP contribution is 2.23. The number of rotatable bonds is 5. The van der Waals surface area contributed by atoms with Crippen molar-refractivity contribution in [2.24, 2.45) is 0 Å². The van der Waals surface area contributed by atoms with Crippen LogP contribution < -0.4 is 5.32 Å². The van der Waals surface area contributed by atoms with E-state index in [9.17, 15) is 4.79 Å². The molecule has 0 spiro atoms. The maximum Gasteiger partial charge on any atom is 0.224 e. The molecule has 2 rings (SSSR count). The molecule has 23 heavy (non-hydrogen) atoms. The molecule has 1 aromatic heterocycles. The molecule has 1 heterocycles. The Morgan fingerprint density at radius 2 is 1.87 bits per heavy atom. The number of hydrogen-bond donors (Lipinski definition) is 1. The number of anilines is 1. The summed E-state index contributed by atoms with van der Waals surface area (Å²) in [4.78, 5) is 21.1. The molecule has 1 amide bonds. The lowest BCUT2D eigenvalue weighted by Crippen LogP contribution is -2.14. The Labute approximate surface area is 146 Å². The van der Waals surface area contributed by atoms with Gasteiger partial charge in [0.2, 0.25) is 5.91 Å². The summed E-state index contributed by atoms with van der Waals surface area (Å²) in [5.74, 6) is -0.0388. The maximum absolute atomic E-state index is 12.2. The summed E-state index contributed by atoms with van der Waals surface area (Å²) in [6.07, 6.45) is 2.96. The molecule has 6 heteroatoms. The standard InChI is InChI=1S/C17H20ClN3OS/c1-10-14(18)6-5-7-15(10)21-16(22)9-8-13-11(2)19-17(23-4)20-12(13)3/h5-7H,8-9H2,1-4H3,(H,21,22). The Hall–Kier alpha value is -1.59. The number of halogens is 1. The Kier molecular flexibility index (Phi) is 6.02. The smallest absolute Gasteiger partial charge is 0.224 e. The number of aromatic nitrogens is 2. The fourth-order valence-electron chi connectivity index (χ4n) is 2.36. The average molecular weight is 350 g/mol. The molecule has 122 valence electrons. The van der Waals surface area contributed by atoms with Crippen LogP contribution >= 0.6 is 23.4 Å². The zero-order valence-electron chi connectivity index (χ0n) is 13.7. The molecule has 1 N–H and O–H groups in total. The van der Waals surface area contributed by atoms with Gasteiger partial charge in [-0.05, 0) is 56.7 Å². The van der Waals surface area contributed by atoms with Gasteiger partial charge < -0.3 is 5.32 Å². The first-order chi connectivity index (χ1) is 10.9. The molecular weight excluding hydrogens is 330 g/mol. The van der Waals surface area contributed by atoms with Crippen LogP contribution in [0.5, 0.6) is 0 Å². The second-order valence-electron chi connectivity index (χ2n) is 5.32. The van der Waals surface area contributed by atoms with Crippen LogP contribution in [-0.2, 0) is 11.2 Å². The molecule has 0 saturated carbocycles. The highest BCUT2D eigenvalue weighted by Gasteiger charge is 2.12. The molecule has 0 aliphatic carbocycles. The molecule has 0 saturated heterocycles. The fourth-order valence-corrected chi connectivity index (χ4v) is 2.99. The molecule has 2 aromatic rings. The minimum Gasteiger partial charge on any atom is -0.326 e. The summed E-state index contributed by atoms with van der Waals surface area (Å²) < 4.78 is 0. The summed E-state index contributed by atoms with van der Waals surface area (Å²) in [5, 5.41) is 4.33. The van der Waals surface area contributed by atoms with Crippen LogP contribution in [0.2, 0.25) is 5.02 Å².